The monoisotopic (exact) mass is 401 g/mol. The molecule has 1 amide bonds. The summed E-state index contributed by atoms with van der Waals surface area (Å²) in [6.45, 7) is 10.4. The molecule has 5 nitrogen and oxygen atoms in total. The van der Waals surface area contributed by atoms with E-state index in [1.807, 2.05) is 6.92 Å². The number of hydrogen-bond donors (Lipinski definition) is 2. The van der Waals surface area contributed by atoms with Crippen LogP contribution in [-0.4, -0.2) is 34.7 Å². The lowest BCUT2D eigenvalue weighted by molar-refractivity contribution is -0.148. The molecule has 0 aromatic rings. The number of aliphatic hydroxyl groups excluding tert-OH is 1. The molecule has 1 aliphatic heterocycles. The van der Waals surface area contributed by atoms with Gasteiger partial charge in [0.05, 0.1) is 0 Å². The van der Waals surface area contributed by atoms with Crippen molar-refractivity contribution in [1.29, 1.82) is 0 Å². The van der Waals surface area contributed by atoms with Crippen LogP contribution in [0.5, 0.6) is 0 Å². The lowest BCUT2D eigenvalue weighted by Crippen LogP contribution is -2.53. The number of ketones is 2. The van der Waals surface area contributed by atoms with Crippen LogP contribution in [0.15, 0.2) is 23.3 Å². The average Bonchev–Trinajstić information content (AvgIpc) is 2.90. The van der Waals surface area contributed by atoms with Gasteiger partial charge in [-0.3, -0.25) is 14.4 Å². The Balaban J connectivity index is 2.19. The third kappa shape index (κ3) is 3.74. The minimum absolute atomic E-state index is 0.0737. The fraction of sp³-hybridized carbons (Fsp3) is 0.708. The maximum atomic E-state index is 13.7. The molecule has 3 rings (SSSR count). The van der Waals surface area contributed by atoms with Gasteiger partial charge in [0.25, 0.3) is 0 Å². The Kier molecular flexibility index (Phi) is 6.19. The third-order valence-electron chi connectivity index (χ3n) is 7.27. The number of allylic oxidation sites excluding steroid dienone is 4. The highest BCUT2D eigenvalue weighted by Crippen LogP contribution is 2.55. The molecule has 5 heteroatoms. The van der Waals surface area contributed by atoms with Crippen LogP contribution in [0.25, 0.3) is 0 Å². The van der Waals surface area contributed by atoms with Gasteiger partial charge in [-0.1, -0.05) is 44.1 Å². The van der Waals surface area contributed by atoms with Crippen molar-refractivity contribution in [2.75, 3.05) is 0 Å². The summed E-state index contributed by atoms with van der Waals surface area (Å²) in [4.78, 5) is 39.5. The average molecular weight is 402 g/mol. The van der Waals surface area contributed by atoms with Gasteiger partial charge in [0.15, 0.2) is 11.6 Å². The first-order valence-electron chi connectivity index (χ1n) is 11.0. The summed E-state index contributed by atoms with van der Waals surface area (Å²) in [7, 11) is 0. The first-order valence-corrected chi connectivity index (χ1v) is 11.0. The Morgan fingerprint density at radius 2 is 1.86 bits per heavy atom. The van der Waals surface area contributed by atoms with Crippen molar-refractivity contribution in [3.8, 4) is 0 Å². The minimum Gasteiger partial charge on any atom is -0.385 e. The molecule has 0 aromatic carbocycles. The van der Waals surface area contributed by atoms with Crippen molar-refractivity contribution in [2.45, 2.75) is 78.9 Å². The number of nitrogens with one attached hydrogen (secondary N) is 1. The molecular formula is C24H35NO4. The maximum absolute atomic E-state index is 13.7. The maximum Gasteiger partial charge on any atom is 0.235 e. The Labute approximate surface area is 174 Å². The summed E-state index contributed by atoms with van der Waals surface area (Å²) in [6.07, 6.45) is 4.98. The zero-order chi connectivity index (χ0) is 21.5. The van der Waals surface area contributed by atoms with Gasteiger partial charge < -0.3 is 10.4 Å². The predicted octanol–water partition coefficient (Wildman–Crippen LogP) is 3.37. The molecule has 1 spiro atoms. The van der Waals surface area contributed by atoms with Crippen LogP contribution in [0.2, 0.25) is 0 Å². The van der Waals surface area contributed by atoms with E-state index in [1.54, 1.807) is 0 Å². The Hall–Kier alpha value is -1.75. The Morgan fingerprint density at radius 1 is 1.17 bits per heavy atom. The van der Waals surface area contributed by atoms with Gasteiger partial charge in [0, 0.05) is 30.7 Å². The standard InChI is InChI=1S/C24H35NO4/c1-13(2)9-18-22-16(5)15(4)11-17-10-14(3)7-6-8-19(26)20(27)12-21(28)24(17,22)23(29)25-18/h10-11,13,16-18,20,22,27H,6-9,12H2,1-5H3,(H,25,29)/t16-,17-,18+,20+,22+,24-/m0/s1. The van der Waals surface area contributed by atoms with Crippen molar-refractivity contribution < 1.29 is 19.5 Å². The third-order valence-corrected chi connectivity index (χ3v) is 7.27. The van der Waals surface area contributed by atoms with Crippen molar-refractivity contribution in [3.63, 3.8) is 0 Å². The second-order valence-electron chi connectivity index (χ2n) is 9.81. The number of carbonyl (C=O) groups is 3. The zero-order valence-corrected chi connectivity index (χ0v) is 18.3. The van der Waals surface area contributed by atoms with Crippen molar-refractivity contribution in [2.24, 2.45) is 29.1 Å². The highest BCUT2D eigenvalue weighted by atomic mass is 16.3. The van der Waals surface area contributed by atoms with Gasteiger partial charge in [-0.2, -0.15) is 0 Å². The molecule has 6 atom stereocenters. The van der Waals surface area contributed by atoms with E-state index in [4.69, 9.17) is 0 Å². The van der Waals surface area contributed by atoms with E-state index in [-0.39, 0.29) is 54.1 Å². The summed E-state index contributed by atoms with van der Waals surface area (Å²) in [6, 6.07) is -0.0840. The molecule has 0 bridgehead atoms. The van der Waals surface area contributed by atoms with E-state index in [2.05, 4.69) is 45.2 Å². The van der Waals surface area contributed by atoms with Gasteiger partial charge >= 0.3 is 0 Å². The fourth-order valence-electron chi connectivity index (χ4n) is 5.76. The summed E-state index contributed by atoms with van der Waals surface area (Å²) in [5.74, 6) is -0.884. The molecule has 0 aromatic heterocycles. The first kappa shape index (κ1) is 21.9. The molecule has 0 radical (unpaired) electrons. The van der Waals surface area contributed by atoms with Crippen LogP contribution in [0.3, 0.4) is 0 Å². The SMILES string of the molecule is CC1=C[C@H]2C=C(C)[C@H](C)[C@@H]3[C@@H](CC(C)C)NC(=O)[C@]23C(=O)C[C@@H](O)C(=O)CCC1. The van der Waals surface area contributed by atoms with Crippen LogP contribution in [0, 0.1) is 29.1 Å². The summed E-state index contributed by atoms with van der Waals surface area (Å²) in [5.41, 5.74) is 1.04. The number of carbonyl (C=O) groups excluding carboxylic acids is 3. The molecule has 1 heterocycles. The molecule has 0 saturated carbocycles. The lowest BCUT2D eigenvalue weighted by atomic mass is 9.54. The number of rotatable bonds is 2. The molecule has 29 heavy (non-hydrogen) atoms. The highest BCUT2D eigenvalue weighted by Gasteiger charge is 2.65. The van der Waals surface area contributed by atoms with Crippen molar-refractivity contribution in [1.82, 2.24) is 5.32 Å². The molecule has 1 fully saturated rings. The highest BCUT2D eigenvalue weighted by molar-refractivity contribution is 6.10. The molecule has 1 saturated heterocycles. The van der Waals surface area contributed by atoms with Crippen LogP contribution >= 0.6 is 0 Å². The van der Waals surface area contributed by atoms with E-state index in [9.17, 15) is 19.5 Å². The van der Waals surface area contributed by atoms with Crippen LogP contribution < -0.4 is 5.32 Å². The molecule has 2 N–H and O–H groups in total. The minimum atomic E-state index is -1.32. The lowest BCUT2D eigenvalue weighted by Gasteiger charge is -2.45. The van der Waals surface area contributed by atoms with E-state index in [0.29, 0.717) is 12.3 Å². The number of Topliss-reactive ketones (excluding diaryl/α,β-unsaturated/α-hetero) is 2. The van der Waals surface area contributed by atoms with E-state index < -0.39 is 11.5 Å². The van der Waals surface area contributed by atoms with Crippen LogP contribution in [0.1, 0.15) is 66.7 Å². The van der Waals surface area contributed by atoms with E-state index in [1.165, 1.54) is 5.57 Å². The van der Waals surface area contributed by atoms with Gasteiger partial charge in [-0.05, 0) is 44.9 Å². The normalized spacial score (nSPS) is 38.6. The summed E-state index contributed by atoms with van der Waals surface area (Å²) < 4.78 is 0. The van der Waals surface area contributed by atoms with E-state index in [0.717, 1.165) is 18.4 Å². The topological polar surface area (TPSA) is 83.5 Å². The second-order valence-corrected chi connectivity index (χ2v) is 9.81. The van der Waals surface area contributed by atoms with Crippen LogP contribution in [-0.2, 0) is 14.4 Å². The number of hydrogen-bond acceptors (Lipinski definition) is 4. The molecule has 3 aliphatic rings. The molecular weight excluding hydrogens is 366 g/mol. The predicted molar refractivity (Wildman–Crippen MR) is 112 cm³/mol. The molecule has 0 unspecified atom stereocenters. The fourth-order valence-corrected chi connectivity index (χ4v) is 5.76. The largest absolute Gasteiger partial charge is 0.385 e. The Bertz CT molecular complexity index is 765. The van der Waals surface area contributed by atoms with Gasteiger partial charge in [-0.15, -0.1) is 0 Å². The number of amides is 1. The van der Waals surface area contributed by atoms with Gasteiger partial charge in [0.2, 0.25) is 5.91 Å². The first-order chi connectivity index (χ1) is 13.6. The second kappa shape index (κ2) is 8.17. The number of aliphatic hydroxyl groups is 1. The van der Waals surface area contributed by atoms with Crippen LogP contribution in [0.4, 0.5) is 0 Å². The van der Waals surface area contributed by atoms with Gasteiger partial charge in [-0.25, -0.2) is 0 Å². The smallest absolute Gasteiger partial charge is 0.235 e. The van der Waals surface area contributed by atoms with Gasteiger partial charge in [0.1, 0.15) is 11.5 Å². The van der Waals surface area contributed by atoms with Crippen molar-refractivity contribution in [3.05, 3.63) is 23.3 Å². The van der Waals surface area contributed by atoms with E-state index >= 15 is 0 Å². The zero-order valence-electron chi connectivity index (χ0n) is 18.3. The molecule has 2 aliphatic carbocycles. The quantitative estimate of drug-likeness (QED) is 0.549. The Morgan fingerprint density at radius 3 is 2.52 bits per heavy atom. The summed E-state index contributed by atoms with van der Waals surface area (Å²) in [5, 5.41) is 13.6. The van der Waals surface area contributed by atoms with Crippen molar-refractivity contribution >= 4 is 17.5 Å². The molecule has 160 valence electrons. The summed E-state index contributed by atoms with van der Waals surface area (Å²) >= 11 is 0.